The second kappa shape index (κ2) is 16.8. The molecule has 0 spiro atoms. The van der Waals surface area contributed by atoms with Crippen LogP contribution >= 0.6 is 0 Å². The first-order valence-corrected chi connectivity index (χ1v) is 14.3. The summed E-state index contributed by atoms with van der Waals surface area (Å²) in [4.78, 5) is 48.4. The van der Waals surface area contributed by atoms with Gasteiger partial charge in [0.25, 0.3) is 0 Å². The number of ether oxygens (including phenoxy) is 6. The summed E-state index contributed by atoms with van der Waals surface area (Å²) in [5.41, 5.74) is 2.85. The van der Waals surface area contributed by atoms with E-state index in [2.05, 4.69) is 26.3 Å². The van der Waals surface area contributed by atoms with Crippen molar-refractivity contribution in [1.29, 1.82) is 0 Å². The third-order valence-corrected chi connectivity index (χ3v) is 6.08. The Morgan fingerprint density at radius 3 is 1.08 bits per heavy atom. The molecule has 0 bridgehead atoms. The van der Waals surface area contributed by atoms with Crippen LogP contribution in [0.15, 0.2) is 134 Å². The summed E-state index contributed by atoms with van der Waals surface area (Å²) in [5, 5.41) is 0. The molecule has 246 valence electrons. The molecule has 10 heteroatoms. The molecule has 0 aliphatic carbocycles. The number of rotatable bonds is 14. The molecule has 3 rings (SSSR count). The Hall–Kier alpha value is -6.42. The van der Waals surface area contributed by atoms with Gasteiger partial charge in [0.2, 0.25) is 0 Å². The van der Waals surface area contributed by atoms with Gasteiger partial charge >= 0.3 is 23.9 Å². The fraction of sp³-hybridized carbons (Fsp3) is 0.105. The Morgan fingerprint density at radius 1 is 0.479 bits per heavy atom. The number of carbonyl (C=O) groups excluding carboxylic acids is 4. The first-order valence-electron chi connectivity index (χ1n) is 14.3. The van der Waals surface area contributed by atoms with Crippen LogP contribution in [-0.2, 0) is 28.7 Å². The molecule has 0 atom stereocenters. The van der Waals surface area contributed by atoms with Crippen LogP contribution in [0.3, 0.4) is 0 Å². The van der Waals surface area contributed by atoms with E-state index >= 15 is 0 Å². The van der Waals surface area contributed by atoms with E-state index in [-0.39, 0.29) is 33.8 Å². The van der Waals surface area contributed by atoms with Crippen LogP contribution in [0.25, 0.3) is 22.3 Å². The van der Waals surface area contributed by atoms with E-state index in [1.165, 1.54) is 40.2 Å². The Kier molecular flexibility index (Phi) is 12.6. The van der Waals surface area contributed by atoms with Gasteiger partial charge in [0.15, 0.2) is 0 Å². The molecule has 10 nitrogen and oxygen atoms in total. The zero-order chi connectivity index (χ0) is 35.4. The van der Waals surface area contributed by atoms with E-state index in [0.29, 0.717) is 33.8 Å². The van der Waals surface area contributed by atoms with Gasteiger partial charge in [-0.25, -0.2) is 19.2 Å². The average Bonchev–Trinajstić information content (AvgIpc) is 3.05. The summed E-state index contributed by atoms with van der Waals surface area (Å²) in [6.07, 6.45) is 4.59. The Balaban J connectivity index is 2.01. The maximum absolute atomic E-state index is 12.7. The maximum Gasteiger partial charge on any atom is 0.338 e. The first kappa shape index (κ1) is 36.1. The van der Waals surface area contributed by atoms with Crippen LogP contribution in [0.4, 0.5) is 0 Å². The Bertz CT molecular complexity index is 1690. The van der Waals surface area contributed by atoms with Gasteiger partial charge in [-0.05, 0) is 75.2 Å². The number of hydrogen-bond donors (Lipinski definition) is 0. The molecule has 0 aliphatic rings. The summed E-state index contributed by atoms with van der Waals surface area (Å²) in [6, 6.07) is 16.5. The zero-order valence-corrected chi connectivity index (χ0v) is 27.0. The standard InChI is InChI=1S/C38H34O10/c1-23(2)35(39)45-19-17-43-29-13-9-27(10-14-29)31-21-34(48-38(42)26(7)8)32(22-33(31)47-37(41)25(5)6)28-11-15-30(16-12-28)44-18-20-46-36(40)24(3)4/h9-22H,1,3,5,7H2,2,4,6,8H3/b19-17-,20-18-. The second-order valence-corrected chi connectivity index (χ2v) is 10.4. The SMILES string of the molecule is C=C(C)C(=O)O/C=C\Oc1ccc(-c2cc(OC(=O)C(=C)C)c(-c3ccc(O/C=C\OC(=O)C(=C)C)cc3)cc2OC(=O)C(=C)C)cc1. The first-order chi connectivity index (χ1) is 22.8. The molecule has 0 heterocycles. The minimum Gasteiger partial charge on any atom is -0.462 e. The summed E-state index contributed by atoms with van der Waals surface area (Å²) in [6.45, 7) is 20.4. The molecule has 0 saturated heterocycles. The predicted molar refractivity (Wildman–Crippen MR) is 180 cm³/mol. The van der Waals surface area contributed by atoms with Crippen molar-refractivity contribution >= 4 is 23.9 Å². The van der Waals surface area contributed by atoms with Crippen molar-refractivity contribution in [3.63, 3.8) is 0 Å². The van der Waals surface area contributed by atoms with Gasteiger partial charge < -0.3 is 28.4 Å². The van der Waals surface area contributed by atoms with Crippen molar-refractivity contribution in [2.75, 3.05) is 0 Å². The van der Waals surface area contributed by atoms with Crippen LogP contribution in [-0.4, -0.2) is 23.9 Å². The van der Waals surface area contributed by atoms with Crippen molar-refractivity contribution in [2.24, 2.45) is 0 Å². The molecule has 0 fully saturated rings. The van der Waals surface area contributed by atoms with E-state index in [9.17, 15) is 19.2 Å². The fourth-order valence-corrected chi connectivity index (χ4v) is 3.57. The molecule has 3 aromatic rings. The topological polar surface area (TPSA) is 124 Å². The Morgan fingerprint density at radius 2 is 0.792 bits per heavy atom. The molecule has 48 heavy (non-hydrogen) atoms. The lowest BCUT2D eigenvalue weighted by Gasteiger charge is -2.17. The monoisotopic (exact) mass is 650 g/mol. The van der Waals surface area contributed by atoms with Gasteiger partial charge in [-0.2, -0.15) is 0 Å². The molecule has 0 radical (unpaired) electrons. The van der Waals surface area contributed by atoms with Crippen molar-refractivity contribution in [1.82, 2.24) is 0 Å². The van der Waals surface area contributed by atoms with Crippen molar-refractivity contribution in [2.45, 2.75) is 27.7 Å². The number of hydrogen-bond acceptors (Lipinski definition) is 10. The van der Waals surface area contributed by atoms with Crippen molar-refractivity contribution < 1.29 is 47.6 Å². The molecular weight excluding hydrogens is 616 g/mol. The predicted octanol–water partition coefficient (Wildman–Crippen LogP) is 7.92. The molecule has 3 aromatic carbocycles. The highest BCUT2D eigenvalue weighted by Crippen LogP contribution is 2.42. The van der Waals surface area contributed by atoms with Crippen LogP contribution in [0.1, 0.15) is 27.7 Å². The van der Waals surface area contributed by atoms with Crippen LogP contribution < -0.4 is 18.9 Å². The van der Waals surface area contributed by atoms with Crippen LogP contribution in [0, 0.1) is 0 Å². The third kappa shape index (κ3) is 10.3. The van der Waals surface area contributed by atoms with Gasteiger partial charge in [-0.3, -0.25) is 0 Å². The molecule has 0 aliphatic heterocycles. The summed E-state index contributed by atoms with van der Waals surface area (Å²) >= 11 is 0. The van der Waals surface area contributed by atoms with Gasteiger partial charge in [-0.1, -0.05) is 50.6 Å². The summed E-state index contributed by atoms with van der Waals surface area (Å²) in [7, 11) is 0. The molecule has 0 saturated carbocycles. The largest absolute Gasteiger partial charge is 0.462 e. The molecule has 0 N–H and O–H groups in total. The highest BCUT2D eigenvalue weighted by Gasteiger charge is 2.20. The van der Waals surface area contributed by atoms with Crippen molar-refractivity contribution in [3.05, 3.63) is 134 Å². The summed E-state index contributed by atoms with van der Waals surface area (Å²) in [5.74, 6) is -1.34. The van der Waals surface area contributed by atoms with E-state index in [1.807, 2.05) is 0 Å². The van der Waals surface area contributed by atoms with E-state index in [4.69, 9.17) is 28.4 Å². The maximum atomic E-state index is 12.7. The quantitative estimate of drug-likeness (QED) is 0.0735. The number of benzene rings is 3. The Labute approximate surface area is 278 Å². The minimum absolute atomic E-state index is 0.163. The number of carbonyl (C=O) groups is 4. The average molecular weight is 651 g/mol. The van der Waals surface area contributed by atoms with E-state index in [0.717, 1.165) is 12.5 Å². The molecule has 0 unspecified atom stereocenters. The van der Waals surface area contributed by atoms with Crippen LogP contribution in [0.5, 0.6) is 23.0 Å². The van der Waals surface area contributed by atoms with Crippen molar-refractivity contribution in [3.8, 4) is 45.3 Å². The molecular formula is C38H34O10. The zero-order valence-electron chi connectivity index (χ0n) is 27.0. The minimum atomic E-state index is -0.661. The second-order valence-electron chi connectivity index (χ2n) is 10.4. The number of esters is 4. The summed E-state index contributed by atoms with van der Waals surface area (Å²) < 4.78 is 32.2. The normalized spacial score (nSPS) is 10.6. The van der Waals surface area contributed by atoms with E-state index < -0.39 is 23.9 Å². The lowest BCUT2D eigenvalue weighted by atomic mass is 9.97. The van der Waals surface area contributed by atoms with Crippen LogP contribution in [0.2, 0.25) is 0 Å². The van der Waals surface area contributed by atoms with Gasteiger partial charge in [0.05, 0.1) is 0 Å². The smallest absolute Gasteiger partial charge is 0.338 e. The van der Waals surface area contributed by atoms with E-state index in [1.54, 1.807) is 60.7 Å². The molecule has 0 amide bonds. The fourth-order valence-electron chi connectivity index (χ4n) is 3.57. The van der Waals surface area contributed by atoms with Gasteiger partial charge in [-0.15, -0.1) is 0 Å². The third-order valence-electron chi connectivity index (χ3n) is 6.08. The molecule has 0 aromatic heterocycles. The lowest BCUT2D eigenvalue weighted by Crippen LogP contribution is -2.11. The van der Waals surface area contributed by atoms with Gasteiger partial charge in [0, 0.05) is 33.4 Å². The lowest BCUT2D eigenvalue weighted by molar-refractivity contribution is -0.134. The highest BCUT2D eigenvalue weighted by molar-refractivity contribution is 5.94. The highest BCUT2D eigenvalue weighted by atomic mass is 16.6. The van der Waals surface area contributed by atoms with Gasteiger partial charge in [0.1, 0.15) is 48.0 Å².